The van der Waals surface area contributed by atoms with E-state index in [1.165, 1.54) is 0 Å². The van der Waals surface area contributed by atoms with Crippen LogP contribution in [0.4, 0.5) is 5.69 Å². The summed E-state index contributed by atoms with van der Waals surface area (Å²) in [6, 6.07) is 16.0. The molecule has 2 N–H and O–H groups in total. The fourth-order valence-corrected chi connectivity index (χ4v) is 3.57. The summed E-state index contributed by atoms with van der Waals surface area (Å²) in [7, 11) is 0. The van der Waals surface area contributed by atoms with Gasteiger partial charge in [0, 0.05) is 43.0 Å². The molecule has 0 saturated carbocycles. The van der Waals surface area contributed by atoms with Crippen LogP contribution < -0.4 is 10.6 Å². The molecule has 2 atom stereocenters. The van der Waals surface area contributed by atoms with Crippen molar-refractivity contribution in [3.8, 4) is 0 Å². The van der Waals surface area contributed by atoms with Crippen molar-refractivity contribution in [3.05, 3.63) is 65.7 Å². The molecule has 0 aromatic heterocycles. The lowest BCUT2D eigenvalue weighted by Crippen LogP contribution is -2.46. The Morgan fingerprint density at radius 3 is 2.21 bits per heavy atom. The quantitative estimate of drug-likeness (QED) is 0.707. The number of anilines is 1. The molecule has 3 rings (SSSR count). The van der Waals surface area contributed by atoms with Gasteiger partial charge in [-0.15, -0.1) is 0 Å². The van der Waals surface area contributed by atoms with Gasteiger partial charge in [0.1, 0.15) is 0 Å². The first kappa shape index (κ1) is 21.0. The van der Waals surface area contributed by atoms with Crippen molar-refractivity contribution in [2.45, 2.75) is 32.5 Å². The summed E-state index contributed by atoms with van der Waals surface area (Å²) in [5.41, 5.74) is 1.83. The monoisotopic (exact) mass is 395 g/mol. The van der Waals surface area contributed by atoms with Gasteiger partial charge in [0.2, 0.25) is 0 Å². The molecule has 2 amide bonds. The number of nitrogens with zero attached hydrogens (tertiary/aromatic N) is 1. The van der Waals surface area contributed by atoms with Gasteiger partial charge in [-0.25, -0.2) is 0 Å². The van der Waals surface area contributed by atoms with Crippen LogP contribution in [-0.2, 0) is 4.74 Å². The molecule has 1 saturated heterocycles. The van der Waals surface area contributed by atoms with Crippen LogP contribution in [0, 0.1) is 0 Å². The molecular weight excluding hydrogens is 366 g/mol. The van der Waals surface area contributed by atoms with Crippen LogP contribution in [0.2, 0.25) is 0 Å². The highest BCUT2D eigenvalue weighted by atomic mass is 16.5. The number of amides is 2. The zero-order valence-electron chi connectivity index (χ0n) is 17.1. The summed E-state index contributed by atoms with van der Waals surface area (Å²) in [5.74, 6) is -0.274. The number of carbonyl (C=O) groups excluding carboxylic acids is 2. The zero-order chi connectivity index (χ0) is 20.6. The van der Waals surface area contributed by atoms with Gasteiger partial charge in [0.25, 0.3) is 11.8 Å². The van der Waals surface area contributed by atoms with Crippen molar-refractivity contribution in [1.82, 2.24) is 10.2 Å². The summed E-state index contributed by atoms with van der Waals surface area (Å²) >= 11 is 0. The van der Waals surface area contributed by atoms with Crippen molar-refractivity contribution >= 4 is 17.5 Å². The molecule has 6 nitrogen and oxygen atoms in total. The fraction of sp³-hybridized carbons (Fsp3) is 0.391. The normalized spacial score (nSPS) is 19.5. The highest BCUT2D eigenvalue weighted by Gasteiger charge is 2.21. The molecule has 1 aliphatic heterocycles. The van der Waals surface area contributed by atoms with Gasteiger partial charge in [-0.2, -0.15) is 0 Å². The maximum atomic E-state index is 12.3. The molecule has 2 aromatic rings. The van der Waals surface area contributed by atoms with Crippen LogP contribution >= 0.6 is 0 Å². The van der Waals surface area contributed by atoms with Crippen LogP contribution in [0.5, 0.6) is 0 Å². The number of hydrogen-bond donors (Lipinski definition) is 2. The maximum absolute atomic E-state index is 12.3. The molecule has 0 unspecified atom stereocenters. The molecule has 0 aliphatic carbocycles. The van der Waals surface area contributed by atoms with Crippen LogP contribution in [0.3, 0.4) is 0 Å². The van der Waals surface area contributed by atoms with E-state index in [-0.39, 0.29) is 24.0 Å². The lowest BCUT2D eigenvalue weighted by Gasteiger charge is -2.35. The zero-order valence-corrected chi connectivity index (χ0v) is 17.1. The topological polar surface area (TPSA) is 70.7 Å². The minimum absolute atomic E-state index is 0.102. The van der Waals surface area contributed by atoms with Crippen molar-refractivity contribution in [1.29, 1.82) is 0 Å². The second-order valence-corrected chi connectivity index (χ2v) is 7.52. The van der Waals surface area contributed by atoms with Gasteiger partial charge >= 0.3 is 0 Å². The maximum Gasteiger partial charge on any atom is 0.255 e. The smallest absolute Gasteiger partial charge is 0.255 e. The van der Waals surface area contributed by atoms with Gasteiger partial charge in [-0.3, -0.25) is 14.5 Å². The molecule has 0 spiro atoms. The largest absolute Gasteiger partial charge is 0.373 e. The number of benzene rings is 2. The Kier molecular flexibility index (Phi) is 7.38. The molecule has 1 heterocycles. The van der Waals surface area contributed by atoms with E-state index in [1.54, 1.807) is 36.4 Å². The molecule has 1 aliphatic rings. The minimum Gasteiger partial charge on any atom is -0.373 e. The summed E-state index contributed by atoms with van der Waals surface area (Å²) in [6.45, 7) is 7.64. The van der Waals surface area contributed by atoms with E-state index in [9.17, 15) is 9.59 Å². The minimum atomic E-state index is -0.172. The average molecular weight is 396 g/mol. The predicted molar refractivity (Wildman–Crippen MR) is 114 cm³/mol. The number of nitrogens with one attached hydrogen (secondary N) is 2. The van der Waals surface area contributed by atoms with Crippen LogP contribution in [-0.4, -0.2) is 55.1 Å². The van der Waals surface area contributed by atoms with Crippen molar-refractivity contribution in [2.24, 2.45) is 0 Å². The molecule has 0 bridgehead atoms. The molecule has 29 heavy (non-hydrogen) atoms. The summed E-state index contributed by atoms with van der Waals surface area (Å²) in [4.78, 5) is 26.9. The van der Waals surface area contributed by atoms with Gasteiger partial charge in [0.05, 0.1) is 12.2 Å². The summed E-state index contributed by atoms with van der Waals surface area (Å²) < 4.78 is 5.74. The highest BCUT2D eigenvalue weighted by molar-refractivity contribution is 6.04. The standard InChI is InChI=1S/C23H29N3O3/c1-17-15-26(16-18(2)29-17)14-6-13-24-22(27)20-9-11-21(12-10-20)25-23(28)19-7-4-3-5-8-19/h3-5,7-12,17-18H,6,13-16H2,1-2H3,(H,24,27)(H,25,28)/t17-,18+. The first-order chi connectivity index (χ1) is 14.0. The lowest BCUT2D eigenvalue weighted by atomic mass is 10.1. The van der Waals surface area contributed by atoms with Crippen molar-refractivity contribution in [2.75, 3.05) is 31.5 Å². The third-order valence-corrected chi connectivity index (χ3v) is 4.87. The summed E-state index contributed by atoms with van der Waals surface area (Å²) in [6.07, 6.45) is 1.42. The summed E-state index contributed by atoms with van der Waals surface area (Å²) in [5, 5.41) is 5.80. The number of ether oxygens (including phenoxy) is 1. The second-order valence-electron chi connectivity index (χ2n) is 7.52. The third-order valence-electron chi connectivity index (χ3n) is 4.87. The van der Waals surface area contributed by atoms with Gasteiger partial charge in [0.15, 0.2) is 0 Å². The van der Waals surface area contributed by atoms with Crippen molar-refractivity contribution < 1.29 is 14.3 Å². The first-order valence-corrected chi connectivity index (χ1v) is 10.1. The Bertz CT molecular complexity index is 798. The SMILES string of the molecule is C[C@@H]1CN(CCCNC(=O)c2ccc(NC(=O)c3ccccc3)cc2)C[C@H](C)O1. The number of hydrogen-bond acceptors (Lipinski definition) is 4. The Morgan fingerprint density at radius 1 is 0.931 bits per heavy atom. The number of rotatable bonds is 7. The van der Waals surface area contributed by atoms with E-state index < -0.39 is 0 Å². The van der Waals surface area contributed by atoms with Crippen LogP contribution in [0.1, 0.15) is 41.0 Å². The molecule has 1 fully saturated rings. The Hall–Kier alpha value is -2.70. The fourth-order valence-electron chi connectivity index (χ4n) is 3.57. The molecular formula is C23H29N3O3. The van der Waals surface area contributed by atoms with E-state index in [4.69, 9.17) is 4.74 Å². The number of carbonyl (C=O) groups is 2. The van der Waals surface area contributed by atoms with E-state index in [0.717, 1.165) is 26.1 Å². The first-order valence-electron chi connectivity index (χ1n) is 10.1. The lowest BCUT2D eigenvalue weighted by molar-refractivity contribution is -0.0680. The highest BCUT2D eigenvalue weighted by Crippen LogP contribution is 2.12. The Labute approximate surface area is 172 Å². The van der Waals surface area contributed by atoms with Crippen LogP contribution in [0.25, 0.3) is 0 Å². The third kappa shape index (κ3) is 6.41. The molecule has 2 aromatic carbocycles. The van der Waals surface area contributed by atoms with E-state index in [0.29, 0.717) is 23.4 Å². The second kappa shape index (κ2) is 10.2. The number of morpholine rings is 1. The van der Waals surface area contributed by atoms with Crippen LogP contribution in [0.15, 0.2) is 54.6 Å². The Balaban J connectivity index is 1.41. The van der Waals surface area contributed by atoms with Gasteiger partial charge in [-0.05, 0) is 56.7 Å². The average Bonchev–Trinajstić information content (AvgIpc) is 2.71. The van der Waals surface area contributed by atoms with E-state index in [2.05, 4.69) is 29.4 Å². The van der Waals surface area contributed by atoms with Gasteiger partial charge < -0.3 is 15.4 Å². The molecule has 154 valence electrons. The van der Waals surface area contributed by atoms with E-state index >= 15 is 0 Å². The van der Waals surface area contributed by atoms with Gasteiger partial charge in [-0.1, -0.05) is 18.2 Å². The van der Waals surface area contributed by atoms with E-state index in [1.807, 2.05) is 18.2 Å². The predicted octanol–water partition coefficient (Wildman–Crippen LogP) is 3.17. The van der Waals surface area contributed by atoms with Crippen molar-refractivity contribution in [3.63, 3.8) is 0 Å². The Morgan fingerprint density at radius 2 is 1.55 bits per heavy atom. The molecule has 6 heteroatoms. The molecule has 0 radical (unpaired) electrons.